The molecule has 1 aromatic carbocycles. The van der Waals surface area contributed by atoms with E-state index in [1.807, 2.05) is 42.5 Å². The predicted molar refractivity (Wildman–Crippen MR) is 72.2 cm³/mol. The van der Waals surface area contributed by atoms with Crippen LogP contribution >= 0.6 is 0 Å². The van der Waals surface area contributed by atoms with Crippen molar-refractivity contribution in [1.29, 1.82) is 0 Å². The molecule has 0 unspecified atom stereocenters. The molecule has 0 aliphatic heterocycles. The summed E-state index contributed by atoms with van der Waals surface area (Å²) in [4.78, 5) is 14.9. The number of hydrogen-bond acceptors (Lipinski definition) is 3. The Morgan fingerprint density at radius 2 is 1.74 bits per heavy atom. The molecule has 4 nitrogen and oxygen atoms in total. The van der Waals surface area contributed by atoms with Gasteiger partial charge in [0, 0.05) is 18.0 Å². The van der Waals surface area contributed by atoms with Crippen molar-refractivity contribution in [3.8, 4) is 16.9 Å². The molecular weight excluding hydrogens is 238 g/mol. The summed E-state index contributed by atoms with van der Waals surface area (Å²) in [5, 5.41) is 4.30. The van der Waals surface area contributed by atoms with Crippen molar-refractivity contribution >= 4 is 6.29 Å². The zero-order valence-electron chi connectivity index (χ0n) is 10.1. The Balaban J connectivity index is 2.19. The molecule has 2 heterocycles. The summed E-state index contributed by atoms with van der Waals surface area (Å²) >= 11 is 0. The van der Waals surface area contributed by atoms with Gasteiger partial charge in [-0.3, -0.25) is 9.78 Å². The molecule has 0 fully saturated rings. The molecule has 4 heteroatoms. The van der Waals surface area contributed by atoms with Crippen molar-refractivity contribution in [2.75, 3.05) is 0 Å². The van der Waals surface area contributed by atoms with Crippen LogP contribution in [0.2, 0.25) is 0 Å². The second-order valence-corrected chi connectivity index (χ2v) is 4.06. The van der Waals surface area contributed by atoms with Gasteiger partial charge in [0.15, 0.2) is 6.29 Å². The smallest absolute Gasteiger partial charge is 0.170 e. The van der Waals surface area contributed by atoms with E-state index in [1.54, 1.807) is 23.1 Å². The van der Waals surface area contributed by atoms with E-state index in [4.69, 9.17) is 0 Å². The van der Waals surface area contributed by atoms with Gasteiger partial charge in [0.2, 0.25) is 0 Å². The highest BCUT2D eigenvalue weighted by atomic mass is 16.1. The van der Waals surface area contributed by atoms with Gasteiger partial charge in [-0.25, -0.2) is 4.68 Å². The Morgan fingerprint density at radius 3 is 2.42 bits per heavy atom. The van der Waals surface area contributed by atoms with Crippen LogP contribution in [0.5, 0.6) is 0 Å². The fraction of sp³-hybridized carbons (Fsp3) is 0. The summed E-state index contributed by atoms with van der Waals surface area (Å²) in [7, 11) is 0. The molecule has 0 radical (unpaired) electrons. The monoisotopic (exact) mass is 249 g/mol. The third kappa shape index (κ3) is 2.15. The lowest BCUT2D eigenvalue weighted by Crippen LogP contribution is -1.99. The fourth-order valence-corrected chi connectivity index (χ4v) is 1.95. The van der Waals surface area contributed by atoms with Gasteiger partial charge in [-0.15, -0.1) is 0 Å². The molecule has 0 amide bonds. The van der Waals surface area contributed by atoms with Crippen LogP contribution in [0.15, 0.2) is 60.9 Å². The second kappa shape index (κ2) is 4.86. The fourth-order valence-electron chi connectivity index (χ4n) is 1.95. The summed E-state index contributed by atoms with van der Waals surface area (Å²) in [5.74, 6) is 0. The lowest BCUT2D eigenvalue weighted by Gasteiger charge is -2.06. The van der Waals surface area contributed by atoms with Crippen LogP contribution in [0.4, 0.5) is 0 Å². The van der Waals surface area contributed by atoms with Crippen molar-refractivity contribution in [1.82, 2.24) is 14.8 Å². The molecule has 3 aromatic rings. The average molecular weight is 249 g/mol. The van der Waals surface area contributed by atoms with Crippen molar-refractivity contribution in [2.45, 2.75) is 0 Å². The van der Waals surface area contributed by atoms with Gasteiger partial charge in [-0.1, -0.05) is 18.2 Å². The maximum Gasteiger partial charge on any atom is 0.170 e. The minimum atomic E-state index is 0.413. The number of benzene rings is 1. The zero-order valence-corrected chi connectivity index (χ0v) is 10.1. The zero-order chi connectivity index (χ0) is 13.1. The van der Waals surface area contributed by atoms with Crippen LogP contribution in [-0.2, 0) is 0 Å². The molecule has 3 rings (SSSR count). The van der Waals surface area contributed by atoms with Gasteiger partial charge in [0.1, 0.15) is 5.69 Å². The number of aromatic nitrogens is 3. The molecule has 0 atom stereocenters. The Kier molecular flexibility index (Phi) is 2.90. The van der Waals surface area contributed by atoms with Gasteiger partial charge in [-0.2, -0.15) is 5.10 Å². The van der Waals surface area contributed by atoms with E-state index in [0.29, 0.717) is 5.69 Å². The summed E-state index contributed by atoms with van der Waals surface area (Å²) in [6.07, 6.45) is 4.20. The predicted octanol–water partition coefficient (Wildman–Crippen LogP) is 2.75. The number of carbonyl (C=O) groups is 1. The highest BCUT2D eigenvalue weighted by Crippen LogP contribution is 2.22. The third-order valence-electron chi connectivity index (χ3n) is 2.83. The lowest BCUT2D eigenvalue weighted by molar-refractivity contribution is 0.111. The highest BCUT2D eigenvalue weighted by Gasteiger charge is 2.10. The molecule has 2 aromatic heterocycles. The summed E-state index contributed by atoms with van der Waals surface area (Å²) in [5.41, 5.74) is 3.17. The number of rotatable bonds is 3. The van der Waals surface area contributed by atoms with Crippen molar-refractivity contribution in [3.63, 3.8) is 0 Å². The summed E-state index contributed by atoms with van der Waals surface area (Å²) in [6, 6.07) is 15.3. The van der Waals surface area contributed by atoms with Crippen molar-refractivity contribution in [2.24, 2.45) is 0 Å². The Morgan fingerprint density at radius 1 is 1.00 bits per heavy atom. The number of hydrogen-bond donors (Lipinski definition) is 0. The Bertz CT molecular complexity index is 633. The molecule has 0 saturated carbocycles. The minimum Gasteiger partial charge on any atom is -0.296 e. The van der Waals surface area contributed by atoms with Crippen LogP contribution in [-0.4, -0.2) is 21.1 Å². The highest BCUT2D eigenvalue weighted by molar-refractivity contribution is 5.76. The first-order valence-electron chi connectivity index (χ1n) is 5.89. The van der Waals surface area contributed by atoms with E-state index in [9.17, 15) is 4.79 Å². The van der Waals surface area contributed by atoms with E-state index in [-0.39, 0.29) is 0 Å². The van der Waals surface area contributed by atoms with Crippen LogP contribution in [0.3, 0.4) is 0 Å². The molecule has 0 aliphatic carbocycles. The van der Waals surface area contributed by atoms with E-state index >= 15 is 0 Å². The maximum absolute atomic E-state index is 10.9. The first-order chi connectivity index (χ1) is 9.38. The summed E-state index contributed by atoms with van der Waals surface area (Å²) in [6.45, 7) is 0. The molecule has 19 heavy (non-hydrogen) atoms. The second-order valence-electron chi connectivity index (χ2n) is 4.06. The van der Waals surface area contributed by atoms with E-state index in [2.05, 4.69) is 10.1 Å². The van der Waals surface area contributed by atoms with Gasteiger partial charge in [-0.05, 0) is 30.3 Å². The third-order valence-corrected chi connectivity index (χ3v) is 2.83. The Labute approximate surface area is 110 Å². The lowest BCUT2D eigenvalue weighted by atomic mass is 10.2. The van der Waals surface area contributed by atoms with Crippen LogP contribution in [0, 0.1) is 0 Å². The first-order valence-corrected chi connectivity index (χ1v) is 5.89. The molecule has 0 bridgehead atoms. The van der Waals surface area contributed by atoms with Crippen LogP contribution in [0.25, 0.3) is 16.9 Å². The largest absolute Gasteiger partial charge is 0.296 e. The molecule has 0 N–H and O–H groups in total. The van der Waals surface area contributed by atoms with Gasteiger partial charge >= 0.3 is 0 Å². The average Bonchev–Trinajstić information content (AvgIpc) is 2.93. The molecule has 0 spiro atoms. The van der Waals surface area contributed by atoms with Crippen LogP contribution in [0.1, 0.15) is 10.5 Å². The van der Waals surface area contributed by atoms with Crippen molar-refractivity contribution in [3.05, 3.63) is 66.6 Å². The molecular formula is C15H11N3O. The molecule has 92 valence electrons. The first kappa shape index (κ1) is 11.3. The summed E-state index contributed by atoms with van der Waals surface area (Å²) < 4.78 is 1.76. The number of para-hydroxylation sites is 1. The quantitative estimate of drug-likeness (QED) is 0.670. The topological polar surface area (TPSA) is 47.8 Å². The van der Waals surface area contributed by atoms with E-state index in [1.165, 1.54) is 0 Å². The molecule has 0 saturated heterocycles. The number of aldehydes is 1. The van der Waals surface area contributed by atoms with Gasteiger partial charge in [0.05, 0.1) is 11.4 Å². The van der Waals surface area contributed by atoms with Gasteiger partial charge in [0.25, 0.3) is 0 Å². The van der Waals surface area contributed by atoms with E-state index < -0.39 is 0 Å². The number of pyridine rings is 1. The molecule has 0 aliphatic rings. The SMILES string of the molecule is O=Cc1cc(-c2ccncc2)n(-c2ccccc2)n1. The standard InChI is InChI=1S/C15H11N3O/c19-11-13-10-15(12-6-8-16-9-7-12)18(17-13)14-4-2-1-3-5-14/h1-11H. The normalized spacial score (nSPS) is 10.3. The van der Waals surface area contributed by atoms with Gasteiger partial charge < -0.3 is 0 Å². The van der Waals surface area contributed by atoms with E-state index in [0.717, 1.165) is 23.2 Å². The number of carbonyl (C=O) groups excluding carboxylic acids is 1. The van der Waals surface area contributed by atoms with Crippen LogP contribution < -0.4 is 0 Å². The maximum atomic E-state index is 10.9. The van der Waals surface area contributed by atoms with Crippen molar-refractivity contribution < 1.29 is 4.79 Å². The minimum absolute atomic E-state index is 0.413. The number of nitrogens with zero attached hydrogens (tertiary/aromatic N) is 3. The Hall–Kier alpha value is -2.75.